The van der Waals surface area contributed by atoms with E-state index in [1.807, 2.05) is 48.5 Å². The maximum Gasteiger partial charge on any atom is 0.302 e. The Labute approximate surface area is 130 Å². The Balaban J connectivity index is 1.95. The van der Waals surface area contributed by atoms with Gasteiger partial charge in [-0.05, 0) is 29.8 Å². The minimum Gasteiger partial charge on any atom is -0.496 e. The zero-order valence-electron chi connectivity index (χ0n) is 12.8. The first-order chi connectivity index (χ1) is 10.7. The molecule has 0 bridgehead atoms. The van der Waals surface area contributed by atoms with Crippen LogP contribution >= 0.6 is 0 Å². The first-order valence-corrected chi connectivity index (χ1v) is 7.02. The average Bonchev–Trinajstić information content (AvgIpc) is 2.54. The highest BCUT2D eigenvalue weighted by molar-refractivity contribution is 5.66. The van der Waals surface area contributed by atoms with E-state index in [1.165, 1.54) is 6.92 Å². The fourth-order valence-corrected chi connectivity index (χ4v) is 2.00. The van der Waals surface area contributed by atoms with Gasteiger partial charge in [0.2, 0.25) is 0 Å². The molecular formula is C17H20N2O3. The van der Waals surface area contributed by atoms with Gasteiger partial charge in [0, 0.05) is 24.7 Å². The molecule has 0 aliphatic rings. The maximum absolute atomic E-state index is 10.9. The molecular weight excluding hydrogens is 280 g/mol. The number of esters is 1. The van der Waals surface area contributed by atoms with E-state index < -0.39 is 0 Å². The van der Waals surface area contributed by atoms with Gasteiger partial charge in [-0.25, -0.2) is 5.43 Å². The number of anilines is 1. The van der Waals surface area contributed by atoms with Crippen LogP contribution in [0, 0.1) is 0 Å². The topological polar surface area (TPSA) is 59.6 Å². The Morgan fingerprint density at radius 2 is 1.91 bits per heavy atom. The van der Waals surface area contributed by atoms with Gasteiger partial charge in [0.15, 0.2) is 0 Å². The van der Waals surface area contributed by atoms with Crippen LogP contribution in [0.15, 0.2) is 48.5 Å². The van der Waals surface area contributed by atoms with Crippen molar-refractivity contribution in [2.75, 3.05) is 12.5 Å². The molecule has 0 atom stereocenters. The van der Waals surface area contributed by atoms with E-state index >= 15 is 0 Å². The fourth-order valence-electron chi connectivity index (χ4n) is 2.00. The first kappa shape index (κ1) is 15.9. The number of hydrogen-bond donors (Lipinski definition) is 2. The predicted octanol–water partition coefficient (Wildman–Crippen LogP) is 2.88. The summed E-state index contributed by atoms with van der Waals surface area (Å²) in [4.78, 5) is 10.9. The van der Waals surface area contributed by atoms with Crippen molar-refractivity contribution in [2.45, 2.75) is 20.1 Å². The van der Waals surface area contributed by atoms with E-state index in [-0.39, 0.29) is 12.6 Å². The van der Waals surface area contributed by atoms with Crippen LogP contribution in [0.5, 0.6) is 5.75 Å². The zero-order chi connectivity index (χ0) is 15.8. The van der Waals surface area contributed by atoms with Gasteiger partial charge < -0.3 is 14.9 Å². The summed E-state index contributed by atoms with van der Waals surface area (Å²) in [5.74, 6) is 0.400. The van der Waals surface area contributed by atoms with Crippen molar-refractivity contribution >= 4 is 11.7 Å². The minimum absolute atomic E-state index is 0.207. The highest BCUT2D eigenvalue weighted by atomic mass is 16.5. The van der Waals surface area contributed by atoms with Crippen LogP contribution in [-0.4, -0.2) is 13.1 Å². The van der Waals surface area contributed by atoms with Crippen LogP contribution in [0.1, 0.15) is 18.1 Å². The predicted molar refractivity (Wildman–Crippen MR) is 85.4 cm³/mol. The molecule has 0 saturated heterocycles. The van der Waals surface area contributed by atoms with Crippen molar-refractivity contribution < 1.29 is 14.3 Å². The standard InChI is InChI=1S/C17H20N2O3/c1-13(20)22-12-15-10-14(8-9-17(15)21-2)11-18-19-16-6-4-3-5-7-16/h3-10,18-19H,11-12H2,1-2H3. The van der Waals surface area contributed by atoms with E-state index in [2.05, 4.69) is 10.9 Å². The molecule has 0 radical (unpaired) electrons. The molecule has 0 spiro atoms. The van der Waals surface area contributed by atoms with Gasteiger partial charge in [0.1, 0.15) is 12.4 Å². The second kappa shape index (κ2) is 8.05. The van der Waals surface area contributed by atoms with E-state index in [4.69, 9.17) is 9.47 Å². The summed E-state index contributed by atoms with van der Waals surface area (Å²) in [7, 11) is 1.60. The first-order valence-electron chi connectivity index (χ1n) is 7.02. The number of carbonyl (C=O) groups is 1. The van der Waals surface area contributed by atoms with Crippen LogP contribution in [-0.2, 0) is 22.7 Å². The molecule has 2 aromatic rings. The summed E-state index contributed by atoms with van der Waals surface area (Å²) < 4.78 is 10.3. The molecule has 2 aromatic carbocycles. The molecule has 0 amide bonds. The van der Waals surface area contributed by atoms with E-state index in [9.17, 15) is 4.79 Å². The largest absolute Gasteiger partial charge is 0.496 e. The summed E-state index contributed by atoms with van der Waals surface area (Å²) in [6.07, 6.45) is 0. The lowest BCUT2D eigenvalue weighted by molar-refractivity contribution is -0.142. The second-order valence-electron chi connectivity index (χ2n) is 4.77. The Morgan fingerprint density at radius 3 is 2.59 bits per heavy atom. The molecule has 2 N–H and O–H groups in total. The molecule has 22 heavy (non-hydrogen) atoms. The van der Waals surface area contributed by atoms with Crippen molar-refractivity contribution in [2.24, 2.45) is 0 Å². The molecule has 0 aromatic heterocycles. The quantitative estimate of drug-likeness (QED) is 0.608. The molecule has 0 aliphatic heterocycles. The molecule has 2 rings (SSSR count). The SMILES string of the molecule is COc1ccc(CNNc2ccccc2)cc1COC(C)=O. The van der Waals surface area contributed by atoms with Crippen molar-refractivity contribution in [3.8, 4) is 5.75 Å². The summed E-state index contributed by atoms with van der Waals surface area (Å²) in [6, 6.07) is 15.7. The third kappa shape index (κ3) is 4.79. The molecule has 0 unspecified atom stereocenters. The van der Waals surface area contributed by atoms with Crippen LogP contribution in [0.4, 0.5) is 5.69 Å². The lowest BCUT2D eigenvalue weighted by atomic mass is 10.1. The third-order valence-electron chi connectivity index (χ3n) is 3.07. The summed E-state index contributed by atoms with van der Waals surface area (Å²) in [6.45, 7) is 2.23. The number of benzene rings is 2. The monoisotopic (exact) mass is 300 g/mol. The van der Waals surface area contributed by atoms with Crippen LogP contribution in [0.2, 0.25) is 0 Å². The van der Waals surface area contributed by atoms with Crippen LogP contribution in [0.3, 0.4) is 0 Å². The number of rotatable bonds is 7. The van der Waals surface area contributed by atoms with Gasteiger partial charge in [-0.15, -0.1) is 0 Å². The number of hydrogen-bond acceptors (Lipinski definition) is 5. The lowest BCUT2D eigenvalue weighted by Gasteiger charge is -2.12. The number of para-hydroxylation sites is 1. The molecule has 5 heteroatoms. The van der Waals surface area contributed by atoms with Gasteiger partial charge >= 0.3 is 5.97 Å². The Hall–Kier alpha value is -2.53. The van der Waals surface area contributed by atoms with Gasteiger partial charge in [-0.1, -0.05) is 24.3 Å². The molecule has 0 saturated carbocycles. The number of hydrazine groups is 1. The van der Waals surface area contributed by atoms with Gasteiger partial charge in [0.25, 0.3) is 0 Å². The lowest BCUT2D eigenvalue weighted by Crippen LogP contribution is -2.20. The Bertz CT molecular complexity index is 615. The van der Waals surface area contributed by atoms with Gasteiger partial charge in [-0.2, -0.15) is 0 Å². The summed E-state index contributed by atoms with van der Waals surface area (Å²) in [5, 5.41) is 0. The minimum atomic E-state index is -0.309. The number of methoxy groups -OCH3 is 1. The summed E-state index contributed by atoms with van der Waals surface area (Å²) in [5.41, 5.74) is 9.18. The average molecular weight is 300 g/mol. The third-order valence-corrected chi connectivity index (χ3v) is 3.07. The van der Waals surface area contributed by atoms with Crippen molar-refractivity contribution in [1.82, 2.24) is 5.43 Å². The molecule has 0 aliphatic carbocycles. The van der Waals surface area contributed by atoms with Crippen LogP contribution in [0.25, 0.3) is 0 Å². The van der Waals surface area contributed by atoms with Crippen molar-refractivity contribution in [1.29, 1.82) is 0 Å². The highest BCUT2D eigenvalue weighted by Gasteiger charge is 2.06. The number of carbonyl (C=O) groups excluding carboxylic acids is 1. The molecule has 116 valence electrons. The molecule has 5 nitrogen and oxygen atoms in total. The Morgan fingerprint density at radius 1 is 1.14 bits per heavy atom. The van der Waals surface area contributed by atoms with E-state index in [0.29, 0.717) is 12.3 Å². The van der Waals surface area contributed by atoms with Gasteiger partial charge in [0.05, 0.1) is 7.11 Å². The number of ether oxygens (including phenoxy) is 2. The molecule has 0 fully saturated rings. The molecule has 0 heterocycles. The maximum atomic E-state index is 10.9. The van der Waals surface area contributed by atoms with E-state index in [1.54, 1.807) is 7.11 Å². The van der Waals surface area contributed by atoms with Gasteiger partial charge in [-0.3, -0.25) is 4.79 Å². The van der Waals surface area contributed by atoms with E-state index in [0.717, 1.165) is 16.8 Å². The normalized spacial score (nSPS) is 10.1. The van der Waals surface area contributed by atoms with Crippen molar-refractivity contribution in [3.63, 3.8) is 0 Å². The number of nitrogens with one attached hydrogen (secondary N) is 2. The highest BCUT2D eigenvalue weighted by Crippen LogP contribution is 2.21. The second-order valence-corrected chi connectivity index (χ2v) is 4.77. The Kier molecular flexibility index (Phi) is 5.80. The fraction of sp³-hybridized carbons (Fsp3) is 0.235. The van der Waals surface area contributed by atoms with Crippen LogP contribution < -0.4 is 15.6 Å². The van der Waals surface area contributed by atoms with Crippen molar-refractivity contribution in [3.05, 3.63) is 59.7 Å². The zero-order valence-corrected chi connectivity index (χ0v) is 12.8. The summed E-state index contributed by atoms with van der Waals surface area (Å²) >= 11 is 0. The smallest absolute Gasteiger partial charge is 0.302 e.